The summed E-state index contributed by atoms with van der Waals surface area (Å²) < 4.78 is 47.5. The van der Waals surface area contributed by atoms with Crippen molar-refractivity contribution in [2.75, 3.05) is 26.6 Å². The fourth-order valence-corrected chi connectivity index (χ4v) is 5.43. The largest absolute Gasteiger partial charge is 0.493 e. The van der Waals surface area contributed by atoms with E-state index in [0.29, 0.717) is 44.9 Å². The Morgan fingerprint density at radius 2 is 1.74 bits per heavy atom. The molecule has 0 unspecified atom stereocenters. The third kappa shape index (κ3) is 4.85. The first kappa shape index (κ1) is 25.1. The standard InChI is InChI=1S/C28H25F2N5O3S/c1-36-23-9-15(10-24(37-2)26(23)38-3)11-25-31-21-14-20(19(30)13-22(21)35(25)18-7-8-18)32-28-34-33-27(39-28)16-5-4-6-17(29)12-16/h4-6,9-10,12-14,18H,7-8,11H2,1-3H3,(H,32,34). The predicted molar refractivity (Wildman–Crippen MR) is 145 cm³/mol. The second kappa shape index (κ2) is 10.1. The maximum atomic E-state index is 15.3. The summed E-state index contributed by atoms with van der Waals surface area (Å²) in [7, 11) is 4.73. The molecule has 2 aromatic heterocycles. The molecule has 6 rings (SSSR count). The Morgan fingerprint density at radius 3 is 2.41 bits per heavy atom. The van der Waals surface area contributed by atoms with Gasteiger partial charge in [-0.05, 0) is 48.7 Å². The quantitative estimate of drug-likeness (QED) is 0.224. The molecule has 1 fully saturated rings. The first-order chi connectivity index (χ1) is 19.0. The summed E-state index contributed by atoms with van der Waals surface area (Å²) in [5, 5.41) is 12.2. The van der Waals surface area contributed by atoms with Crippen LogP contribution in [0.2, 0.25) is 0 Å². The lowest BCUT2D eigenvalue weighted by Gasteiger charge is -2.14. The van der Waals surface area contributed by atoms with Gasteiger partial charge < -0.3 is 24.1 Å². The number of fused-ring (bicyclic) bond motifs is 1. The second-order valence-electron chi connectivity index (χ2n) is 9.21. The summed E-state index contributed by atoms with van der Waals surface area (Å²) in [6.45, 7) is 0. The highest BCUT2D eigenvalue weighted by Gasteiger charge is 2.29. The van der Waals surface area contributed by atoms with E-state index < -0.39 is 5.82 Å². The molecule has 0 aliphatic heterocycles. The number of nitrogens with one attached hydrogen (secondary N) is 1. The fourth-order valence-electron chi connectivity index (χ4n) is 4.67. The number of imidazole rings is 1. The Balaban J connectivity index is 1.33. The molecule has 2 heterocycles. The van der Waals surface area contributed by atoms with Gasteiger partial charge in [0.15, 0.2) is 11.5 Å². The maximum Gasteiger partial charge on any atom is 0.210 e. The molecule has 1 aliphatic rings. The summed E-state index contributed by atoms with van der Waals surface area (Å²) in [4.78, 5) is 4.90. The Labute approximate surface area is 227 Å². The van der Waals surface area contributed by atoms with E-state index in [-0.39, 0.29) is 17.5 Å². The van der Waals surface area contributed by atoms with Crippen LogP contribution in [0, 0.1) is 11.6 Å². The zero-order chi connectivity index (χ0) is 27.1. The monoisotopic (exact) mass is 549 g/mol. The number of ether oxygens (including phenoxy) is 3. The Morgan fingerprint density at radius 1 is 0.974 bits per heavy atom. The van der Waals surface area contributed by atoms with E-state index in [1.807, 2.05) is 12.1 Å². The zero-order valence-corrected chi connectivity index (χ0v) is 22.3. The van der Waals surface area contributed by atoms with Crippen LogP contribution in [0.1, 0.15) is 30.3 Å². The minimum atomic E-state index is -0.425. The van der Waals surface area contributed by atoms with E-state index >= 15 is 4.39 Å². The minimum absolute atomic E-state index is 0.240. The Hall–Kier alpha value is -4.25. The number of nitrogens with zero attached hydrogens (tertiary/aromatic N) is 4. The van der Waals surface area contributed by atoms with Crippen molar-refractivity contribution in [3.8, 4) is 27.8 Å². The average Bonchev–Trinajstić information content (AvgIpc) is 3.56. The molecule has 0 spiro atoms. The van der Waals surface area contributed by atoms with E-state index in [1.165, 1.54) is 29.5 Å². The summed E-state index contributed by atoms with van der Waals surface area (Å²) in [5.41, 5.74) is 3.18. The fraction of sp³-hybridized carbons (Fsp3) is 0.250. The van der Waals surface area contributed by atoms with Crippen LogP contribution >= 0.6 is 11.3 Å². The molecule has 1 N–H and O–H groups in total. The molecular weight excluding hydrogens is 524 g/mol. The van der Waals surface area contributed by atoms with Crippen LogP contribution in [0.4, 0.5) is 19.6 Å². The van der Waals surface area contributed by atoms with Crippen LogP contribution in [0.25, 0.3) is 21.6 Å². The lowest BCUT2D eigenvalue weighted by atomic mass is 10.1. The van der Waals surface area contributed by atoms with Gasteiger partial charge >= 0.3 is 0 Å². The normalized spacial score (nSPS) is 13.1. The van der Waals surface area contributed by atoms with Crippen molar-refractivity contribution in [2.24, 2.45) is 0 Å². The molecule has 0 atom stereocenters. The molecule has 0 bridgehead atoms. The molecule has 11 heteroatoms. The molecule has 8 nitrogen and oxygen atoms in total. The molecule has 5 aromatic rings. The summed E-state index contributed by atoms with van der Waals surface area (Å²) in [5.74, 6) is 1.69. The van der Waals surface area contributed by atoms with Crippen molar-refractivity contribution < 1.29 is 23.0 Å². The molecule has 3 aromatic carbocycles. The van der Waals surface area contributed by atoms with Crippen LogP contribution in [0.5, 0.6) is 17.2 Å². The topological polar surface area (TPSA) is 83.3 Å². The Bertz CT molecular complexity index is 1660. The van der Waals surface area contributed by atoms with Crippen molar-refractivity contribution >= 4 is 33.2 Å². The summed E-state index contributed by atoms with van der Waals surface area (Å²) in [6.07, 6.45) is 2.53. The predicted octanol–water partition coefficient (Wildman–Crippen LogP) is 6.53. The highest BCUT2D eigenvalue weighted by atomic mass is 32.1. The zero-order valence-electron chi connectivity index (χ0n) is 21.5. The van der Waals surface area contributed by atoms with Gasteiger partial charge in [-0.3, -0.25) is 0 Å². The molecule has 1 aliphatic carbocycles. The number of hydrogen-bond donors (Lipinski definition) is 1. The van der Waals surface area contributed by atoms with E-state index in [4.69, 9.17) is 19.2 Å². The van der Waals surface area contributed by atoms with E-state index in [0.717, 1.165) is 29.7 Å². The van der Waals surface area contributed by atoms with Crippen LogP contribution in [-0.2, 0) is 6.42 Å². The van der Waals surface area contributed by atoms with Crippen molar-refractivity contribution in [2.45, 2.75) is 25.3 Å². The molecule has 0 radical (unpaired) electrons. The average molecular weight is 550 g/mol. The lowest BCUT2D eigenvalue weighted by molar-refractivity contribution is 0.324. The summed E-state index contributed by atoms with van der Waals surface area (Å²) in [6, 6.07) is 13.4. The molecule has 0 amide bonds. The highest BCUT2D eigenvalue weighted by molar-refractivity contribution is 7.18. The van der Waals surface area contributed by atoms with Crippen molar-refractivity contribution in [3.63, 3.8) is 0 Å². The number of hydrogen-bond acceptors (Lipinski definition) is 8. The number of aromatic nitrogens is 4. The van der Waals surface area contributed by atoms with Crippen molar-refractivity contribution in [1.82, 2.24) is 19.7 Å². The smallest absolute Gasteiger partial charge is 0.210 e. The first-order valence-electron chi connectivity index (χ1n) is 12.3. The van der Waals surface area contributed by atoms with Gasteiger partial charge in [0, 0.05) is 24.1 Å². The number of halogens is 2. The van der Waals surface area contributed by atoms with Crippen LogP contribution in [0.15, 0.2) is 48.5 Å². The molecule has 39 heavy (non-hydrogen) atoms. The molecular formula is C28H25F2N5O3S. The number of benzene rings is 3. The highest BCUT2D eigenvalue weighted by Crippen LogP contribution is 2.42. The van der Waals surface area contributed by atoms with E-state index in [1.54, 1.807) is 39.5 Å². The van der Waals surface area contributed by atoms with Gasteiger partial charge in [0.1, 0.15) is 22.5 Å². The lowest BCUT2D eigenvalue weighted by Crippen LogP contribution is -2.04. The van der Waals surface area contributed by atoms with E-state index in [9.17, 15) is 4.39 Å². The van der Waals surface area contributed by atoms with Crippen LogP contribution in [0.3, 0.4) is 0 Å². The third-order valence-electron chi connectivity index (χ3n) is 6.59. The number of methoxy groups -OCH3 is 3. The van der Waals surface area contributed by atoms with Gasteiger partial charge in [0.25, 0.3) is 0 Å². The first-order valence-corrected chi connectivity index (χ1v) is 13.1. The number of anilines is 2. The minimum Gasteiger partial charge on any atom is -0.493 e. The van der Waals surface area contributed by atoms with Crippen LogP contribution in [-0.4, -0.2) is 41.1 Å². The molecule has 0 saturated heterocycles. The Kier molecular flexibility index (Phi) is 6.51. The van der Waals surface area contributed by atoms with Crippen LogP contribution < -0.4 is 19.5 Å². The second-order valence-corrected chi connectivity index (χ2v) is 10.2. The van der Waals surface area contributed by atoms with Gasteiger partial charge in [-0.2, -0.15) is 0 Å². The molecule has 1 saturated carbocycles. The van der Waals surface area contributed by atoms with Gasteiger partial charge in [0.05, 0.1) is 38.1 Å². The third-order valence-corrected chi connectivity index (χ3v) is 7.48. The van der Waals surface area contributed by atoms with Gasteiger partial charge in [0.2, 0.25) is 10.9 Å². The summed E-state index contributed by atoms with van der Waals surface area (Å²) >= 11 is 1.21. The maximum absolute atomic E-state index is 15.3. The SMILES string of the molecule is COc1cc(Cc2nc3cc(Nc4nnc(-c5cccc(F)c5)s4)c(F)cc3n2C2CC2)cc(OC)c1OC. The van der Waals surface area contributed by atoms with Gasteiger partial charge in [-0.25, -0.2) is 13.8 Å². The van der Waals surface area contributed by atoms with Gasteiger partial charge in [-0.1, -0.05) is 23.5 Å². The van der Waals surface area contributed by atoms with Gasteiger partial charge in [-0.15, -0.1) is 10.2 Å². The number of rotatable bonds is 9. The van der Waals surface area contributed by atoms with Crippen molar-refractivity contribution in [1.29, 1.82) is 0 Å². The van der Waals surface area contributed by atoms with Crippen molar-refractivity contribution in [3.05, 3.63) is 71.6 Å². The molecule has 200 valence electrons. The van der Waals surface area contributed by atoms with E-state index in [2.05, 4.69) is 20.1 Å².